The van der Waals surface area contributed by atoms with Crippen LogP contribution in [0.5, 0.6) is 11.5 Å². The molecule has 0 atom stereocenters. The third-order valence-electron chi connectivity index (χ3n) is 3.05. The van der Waals surface area contributed by atoms with Crippen LogP contribution in [-0.4, -0.2) is 20.4 Å². The number of hydrogen-bond acceptors (Lipinski definition) is 4. The molecule has 20 heavy (non-hydrogen) atoms. The molecule has 0 aliphatic rings. The first kappa shape index (κ1) is 12.8. The number of phenols is 2. The number of halogens is 1. The highest BCUT2D eigenvalue weighted by Gasteiger charge is 2.06. The second-order valence-corrected chi connectivity index (χ2v) is 5.38. The first-order valence-corrected chi connectivity index (χ1v) is 6.80. The van der Waals surface area contributed by atoms with E-state index in [0.717, 1.165) is 26.6 Å². The lowest BCUT2D eigenvalue weighted by molar-refractivity contribution is 0.403. The van der Waals surface area contributed by atoms with E-state index in [9.17, 15) is 10.2 Å². The Morgan fingerprint density at radius 3 is 2.80 bits per heavy atom. The van der Waals surface area contributed by atoms with Gasteiger partial charge in [-0.1, -0.05) is 22.0 Å². The number of phenolic OH excluding ortho intramolecular Hbond substituents is 2. The monoisotopic (exact) mass is 333 g/mol. The Kier molecular flexibility index (Phi) is 3.23. The summed E-state index contributed by atoms with van der Waals surface area (Å²) in [5.74, 6) is -0.236. The van der Waals surface area contributed by atoms with Gasteiger partial charge in [-0.3, -0.25) is 5.10 Å². The molecule has 0 unspecified atom stereocenters. The Labute approximate surface area is 123 Å². The number of rotatable bonds is 3. The highest BCUT2D eigenvalue weighted by molar-refractivity contribution is 9.10. The molecule has 0 spiro atoms. The summed E-state index contributed by atoms with van der Waals surface area (Å²) < 4.78 is 0.949. The summed E-state index contributed by atoms with van der Waals surface area (Å²) in [7, 11) is 0. The van der Waals surface area contributed by atoms with Crippen LogP contribution >= 0.6 is 15.9 Å². The number of anilines is 1. The first-order valence-electron chi connectivity index (χ1n) is 6.01. The third kappa shape index (κ3) is 2.42. The number of aromatic nitrogens is 2. The maximum atomic E-state index is 9.48. The van der Waals surface area contributed by atoms with Crippen molar-refractivity contribution in [3.8, 4) is 11.5 Å². The van der Waals surface area contributed by atoms with Crippen molar-refractivity contribution >= 4 is 32.5 Å². The molecular formula is C14H12BrN3O2. The molecule has 2 aromatic carbocycles. The quantitative estimate of drug-likeness (QED) is 0.554. The summed E-state index contributed by atoms with van der Waals surface area (Å²) in [5.41, 5.74) is 2.75. The summed E-state index contributed by atoms with van der Waals surface area (Å²) in [6.45, 7) is 0.532. The van der Waals surface area contributed by atoms with E-state index in [4.69, 9.17) is 0 Å². The van der Waals surface area contributed by atoms with Gasteiger partial charge < -0.3 is 15.5 Å². The molecule has 3 aromatic rings. The minimum absolute atomic E-state index is 0.117. The van der Waals surface area contributed by atoms with Gasteiger partial charge in [0.05, 0.1) is 11.7 Å². The summed E-state index contributed by atoms with van der Waals surface area (Å²) in [6, 6.07) is 8.69. The number of benzene rings is 2. The molecule has 102 valence electrons. The molecule has 0 amide bonds. The number of nitrogens with zero attached hydrogens (tertiary/aromatic N) is 1. The number of aromatic amines is 1. The van der Waals surface area contributed by atoms with E-state index in [2.05, 4.69) is 31.4 Å². The molecule has 0 aliphatic carbocycles. The van der Waals surface area contributed by atoms with Crippen molar-refractivity contribution in [3.63, 3.8) is 0 Å². The minimum atomic E-state index is -0.119. The van der Waals surface area contributed by atoms with Gasteiger partial charge in [0.15, 0.2) is 11.5 Å². The molecule has 5 nitrogen and oxygen atoms in total. The van der Waals surface area contributed by atoms with Gasteiger partial charge in [0.25, 0.3) is 0 Å². The predicted octanol–water partition coefficient (Wildman–Crippen LogP) is 3.35. The van der Waals surface area contributed by atoms with Crippen LogP contribution < -0.4 is 5.32 Å². The van der Waals surface area contributed by atoms with Gasteiger partial charge in [-0.2, -0.15) is 5.10 Å². The fourth-order valence-corrected chi connectivity index (χ4v) is 2.50. The molecule has 4 N–H and O–H groups in total. The van der Waals surface area contributed by atoms with Gasteiger partial charge in [0, 0.05) is 22.1 Å². The lowest BCUT2D eigenvalue weighted by Gasteiger charge is -2.09. The summed E-state index contributed by atoms with van der Waals surface area (Å²) in [5, 5.41) is 30.0. The fraction of sp³-hybridized carbons (Fsp3) is 0.0714. The van der Waals surface area contributed by atoms with E-state index in [1.807, 2.05) is 12.1 Å². The molecule has 0 saturated heterocycles. The molecule has 0 fully saturated rings. The van der Waals surface area contributed by atoms with Gasteiger partial charge in [-0.15, -0.1) is 0 Å². The van der Waals surface area contributed by atoms with Crippen LogP contribution in [0.15, 0.2) is 41.0 Å². The van der Waals surface area contributed by atoms with Gasteiger partial charge in [-0.05, 0) is 29.8 Å². The molecular weight excluding hydrogens is 322 g/mol. The topological polar surface area (TPSA) is 81.2 Å². The Hall–Kier alpha value is -2.21. The van der Waals surface area contributed by atoms with Crippen molar-refractivity contribution in [2.45, 2.75) is 6.54 Å². The maximum Gasteiger partial charge on any atom is 0.157 e. The van der Waals surface area contributed by atoms with Crippen molar-refractivity contribution in [1.82, 2.24) is 10.2 Å². The molecule has 1 aromatic heterocycles. The largest absolute Gasteiger partial charge is 0.504 e. The smallest absolute Gasteiger partial charge is 0.157 e. The van der Waals surface area contributed by atoms with Crippen molar-refractivity contribution in [3.05, 3.63) is 46.6 Å². The number of nitrogens with one attached hydrogen (secondary N) is 2. The van der Waals surface area contributed by atoms with E-state index in [-0.39, 0.29) is 11.5 Å². The predicted molar refractivity (Wildman–Crippen MR) is 80.9 cm³/mol. The average molecular weight is 334 g/mol. The first-order chi connectivity index (χ1) is 9.63. The standard InChI is InChI=1S/C14H12BrN3O2/c15-9-4-11(10-7-17-18-12(10)5-9)16-6-8-1-2-13(19)14(20)3-8/h1-5,7,16,19-20H,6H2,(H,17,18). The normalized spacial score (nSPS) is 10.8. The highest BCUT2D eigenvalue weighted by Crippen LogP contribution is 2.28. The minimum Gasteiger partial charge on any atom is -0.504 e. The lowest BCUT2D eigenvalue weighted by atomic mass is 10.2. The van der Waals surface area contributed by atoms with E-state index in [1.165, 1.54) is 12.1 Å². The van der Waals surface area contributed by atoms with Gasteiger partial charge in [0.2, 0.25) is 0 Å². The Bertz CT molecular complexity index is 770. The summed E-state index contributed by atoms with van der Waals surface area (Å²) >= 11 is 3.45. The van der Waals surface area contributed by atoms with Crippen molar-refractivity contribution in [1.29, 1.82) is 0 Å². The second-order valence-electron chi connectivity index (χ2n) is 4.46. The summed E-state index contributed by atoms with van der Waals surface area (Å²) in [4.78, 5) is 0. The summed E-state index contributed by atoms with van der Waals surface area (Å²) in [6.07, 6.45) is 1.76. The zero-order chi connectivity index (χ0) is 14.1. The average Bonchev–Trinajstić information content (AvgIpc) is 2.88. The van der Waals surface area contributed by atoms with E-state index in [0.29, 0.717) is 6.54 Å². The SMILES string of the molecule is Oc1ccc(CNc2cc(Br)cc3[nH]ncc23)cc1O. The molecule has 0 saturated carbocycles. The van der Waals surface area contributed by atoms with Gasteiger partial charge in [-0.25, -0.2) is 0 Å². The van der Waals surface area contributed by atoms with Crippen LogP contribution in [0.1, 0.15) is 5.56 Å². The zero-order valence-corrected chi connectivity index (χ0v) is 12.0. The zero-order valence-electron chi connectivity index (χ0n) is 10.4. The van der Waals surface area contributed by atoms with Crippen LogP contribution in [0.4, 0.5) is 5.69 Å². The molecule has 0 bridgehead atoms. The number of aromatic hydroxyl groups is 2. The molecule has 3 rings (SSSR count). The molecule has 0 radical (unpaired) electrons. The van der Waals surface area contributed by atoms with Crippen molar-refractivity contribution in [2.24, 2.45) is 0 Å². The number of H-pyrrole nitrogens is 1. The van der Waals surface area contributed by atoms with Crippen molar-refractivity contribution in [2.75, 3.05) is 5.32 Å². The third-order valence-corrected chi connectivity index (χ3v) is 3.50. The lowest BCUT2D eigenvalue weighted by Crippen LogP contribution is -1.99. The number of hydrogen-bond donors (Lipinski definition) is 4. The Morgan fingerprint density at radius 2 is 2.00 bits per heavy atom. The van der Waals surface area contributed by atoms with Gasteiger partial charge >= 0.3 is 0 Å². The van der Waals surface area contributed by atoms with Crippen LogP contribution in [0, 0.1) is 0 Å². The van der Waals surface area contributed by atoms with E-state index in [1.54, 1.807) is 12.3 Å². The molecule has 0 aliphatic heterocycles. The van der Waals surface area contributed by atoms with E-state index < -0.39 is 0 Å². The maximum absolute atomic E-state index is 9.48. The number of fused-ring (bicyclic) bond motifs is 1. The fourth-order valence-electron chi connectivity index (χ4n) is 2.04. The van der Waals surface area contributed by atoms with E-state index >= 15 is 0 Å². The highest BCUT2D eigenvalue weighted by atomic mass is 79.9. The van der Waals surface area contributed by atoms with Crippen LogP contribution in [0.2, 0.25) is 0 Å². The van der Waals surface area contributed by atoms with Crippen LogP contribution in [0.3, 0.4) is 0 Å². The van der Waals surface area contributed by atoms with Crippen LogP contribution in [-0.2, 0) is 6.54 Å². The van der Waals surface area contributed by atoms with Crippen molar-refractivity contribution < 1.29 is 10.2 Å². The molecule has 6 heteroatoms. The Morgan fingerprint density at radius 1 is 1.15 bits per heavy atom. The second kappa shape index (κ2) is 5.05. The van der Waals surface area contributed by atoms with Gasteiger partial charge in [0.1, 0.15) is 0 Å². The van der Waals surface area contributed by atoms with Crippen LogP contribution in [0.25, 0.3) is 10.9 Å². The molecule has 1 heterocycles. The Balaban J connectivity index is 1.86.